The number of methoxy groups -OCH3 is 1. The van der Waals surface area contributed by atoms with E-state index in [1.54, 1.807) is 12.3 Å². The summed E-state index contributed by atoms with van der Waals surface area (Å²) in [6, 6.07) is 3.13. The SMILES string of the molecule is COc1cc(C(=O)O)cc2c1CN=C2. The summed E-state index contributed by atoms with van der Waals surface area (Å²) < 4.78 is 5.10. The highest BCUT2D eigenvalue weighted by atomic mass is 16.5. The first kappa shape index (κ1) is 8.74. The Morgan fingerprint density at radius 1 is 1.57 bits per heavy atom. The van der Waals surface area contributed by atoms with Crippen molar-refractivity contribution < 1.29 is 14.6 Å². The number of benzene rings is 1. The summed E-state index contributed by atoms with van der Waals surface area (Å²) in [5, 5.41) is 8.84. The molecule has 1 aromatic carbocycles. The van der Waals surface area contributed by atoms with Crippen LogP contribution in [0.15, 0.2) is 17.1 Å². The topological polar surface area (TPSA) is 58.9 Å². The molecule has 4 nitrogen and oxygen atoms in total. The van der Waals surface area contributed by atoms with Crippen LogP contribution in [0.1, 0.15) is 21.5 Å². The quantitative estimate of drug-likeness (QED) is 0.767. The van der Waals surface area contributed by atoms with Crippen LogP contribution < -0.4 is 4.74 Å². The fraction of sp³-hybridized carbons (Fsp3) is 0.200. The Kier molecular flexibility index (Phi) is 1.96. The van der Waals surface area contributed by atoms with Gasteiger partial charge < -0.3 is 9.84 Å². The largest absolute Gasteiger partial charge is 0.496 e. The lowest BCUT2D eigenvalue weighted by molar-refractivity contribution is 0.0696. The molecule has 2 rings (SSSR count). The standard InChI is InChI=1S/C10H9NO3/c1-14-9-3-6(10(12)13)2-7-4-11-5-8(7)9/h2-4H,5H2,1H3,(H,12,13). The average Bonchev–Trinajstić information content (AvgIpc) is 2.63. The predicted molar refractivity (Wildman–Crippen MR) is 51.3 cm³/mol. The van der Waals surface area contributed by atoms with Crippen LogP contribution in [0.3, 0.4) is 0 Å². The summed E-state index contributed by atoms with van der Waals surface area (Å²) in [5.41, 5.74) is 2.02. The van der Waals surface area contributed by atoms with E-state index in [1.807, 2.05) is 0 Å². The first-order chi connectivity index (χ1) is 6.72. The van der Waals surface area contributed by atoms with Crippen molar-refractivity contribution in [3.63, 3.8) is 0 Å². The molecule has 0 radical (unpaired) electrons. The molecule has 4 heteroatoms. The summed E-state index contributed by atoms with van der Waals surface area (Å²) in [5.74, 6) is -0.358. The van der Waals surface area contributed by atoms with Gasteiger partial charge in [0.15, 0.2) is 0 Å². The van der Waals surface area contributed by atoms with Gasteiger partial charge in [-0.1, -0.05) is 0 Å². The zero-order chi connectivity index (χ0) is 10.1. The molecule has 1 aromatic rings. The number of carboxylic acids is 1. The maximum atomic E-state index is 10.8. The highest BCUT2D eigenvalue weighted by Crippen LogP contribution is 2.27. The van der Waals surface area contributed by atoms with Crippen molar-refractivity contribution in [2.75, 3.05) is 7.11 Å². The molecule has 0 saturated heterocycles. The highest BCUT2D eigenvalue weighted by molar-refractivity contribution is 5.94. The number of aromatic carboxylic acids is 1. The van der Waals surface area contributed by atoms with E-state index in [0.717, 1.165) is 11.1 Å². The van der Waals surface area contributed by atoms with Gasteiger partial charge in [0.1, 0.15) is 5.75 Å². The Bertz CT molecular complexity index is 424. The van der Waals surface area contributed by atoms with Gasteiger partial charge in [0.2, 0.25) is 0 Å². The van der Waals surface area contributed by atoms with Crippen molar-refractivity contribution in [3.05, 3.63) is 28.8 Å². The number of ether oxygens (including phenoxy) is 1. The summed E-state index contributed by atoms with van der Waals surface area (Å²) >= 11 is 0. The van der Waals surface area contributed by atoms with Crippen molar-refractivity contribution in [2.45, 2.75) is 6.54 Å². The third kappa shape index (κ3) is 1.25. The molecule has 0 amide bonds. The van der Waals surface area contributed by atoms with Crippen LogP contribution >= 0.6 is 0 Å². The third-order valence-corrected chi connectivity index (χ3v) is 2.19. The highest BCUT2D eigenvalue weighted by Gasteiger charge is 2.16. The number of hydrogen-bond acceptors (Lipinski definition) is 3. The van der Waals surface area contributed by atoms with E-state index in [2.05, 4.69) is 4.99 Å². The van der Waals surface area contributed by atoms with Crippen LogP contribution in [0.5, 0.6) is 5.75 Å². The van der Waals surface area contributed by atoms with Crippen LogP contribution in [-0.2, 0) is 6.54 Å². The Morgan fingerprint density at radius 3 is 3.00 bits per heavy atom. The molecular formula is C10H9NO3. The van der Waals surface area contributed by atoms with Gasteiger partial charge in [-0.05, 0) is 12.1 Å². The van der Waals surface area contributed by atoms with Crippen molar-refractivity contribution in [1.29, 1.82) is 0 Å². The van der Waals surface area contributed by atoms with E-state index in [0.29, 0.717) is 12.3 Å². The van der Waals surface area contributed by atoms with E-state index in [4.69, 9.17) is 9.84 Å². The molecule has 0 aromatic heterocycles. The van der Waals surface area contributed by atoms with Crippen molar-refractivity contribution in [3.8, 4) is 5.75 Å². The molecule has 72 valence electrons. The van der Waals surface area contributed by atoms with Gasteiger partial charge >= 0.3 is 5.97 Å². The third-order valence-electron chi connectivity index (χ3n) is 2.19. The molecule has 1 N–H and O–H groups in total. The van der Waals surface area contributed by atoms with Crippen molar-refractivity contribution in [2.24, 2.45) is 4.99 Å². The number of fused-ring (bicyclic) bond motifs is 1. The average molecular weight is 191 g/mol. The maximum Gasteiger partial charge on any atom is 0.335 e. The molecule has 0 spiro atoms. The molecule has 0 fully saturated rings. The second-order valence-corrected chi connectivity index (χ2v) is 3.02. The van der Waals surface area contributed by atoms with Crippen LogP contribution in [0.2, 0.25) is 0 Å². The van der Waals surface area contributed by atoms with Gasteiger partial charge in [-0.15, -0.1) is 0 Å². The van der Waals surface area contributed by atoms with Gasteiger partial charge in [-0.25, -0.2) is 4.79 Å². The second-order valence-electron chi connectivity index (χ2n) is 3.02. The minimum Gasteiger partial charge on any atom is -0.496 e. The first-order valence-corrected chi connectivity index (χ1v) is 4.16. The van der Waals surface area contributed by atoms with Gasteiger partial charge in [-0.2, -0.15) is 0 Å². The Morgan fingerprint density at radius 2 is 2.36 bits per heavy atom. The van der Waals surface area contributed by atoms with Crippen LogP contribution in [0.25, 0.3) is 0 Å². The normalized spacial score (nSPS) is 12.6. The van der Waals surface area contributed by atoms with Gasteiger partial charge in [0, 0.05) is 17.3 Å². The van der Waals surface area contributed by atoms with Crippen LogP contribution in [0, 0.1) is 0 Å². The fourth-order valence-corrected chi connectivity index (χ4v) is 1.49. The van der Waals surface area contributed by atoms with Crippen molar-refractivity contribution in [1.82, 2.24) is 0 Å². The second kappa shape index (κ2) is 3.14. The molecule has 1 aliphatic rings. The summed E-state index contributed by atoms with van der Waals surface area (Å²) in [6.07, 6.45) is 1.67. The zero-order valence-corrected chi connectivity index (χ0v) is 7.65. The lowest BCUT2D eigenvalue weighted by Gasteiger charge is -2.07. The molecule has 0 aliphatic carbocycles. The van der Waals surface area contributed by atoms with Gasteiger partial charge in [0.05, 0.1) is 19.2 Å². The lowest BCUT2D eigenvalue weighted by Crippen LogP contribution is -2.01. The molecule has 1 aliphatic heterocycles. The molecule has 0 unspecified atom stereocenters. The number of carboxylic acid groups (broad SMARTS) is 1. The molecule has 1 heterocycles. The first-order valence-electron chi connectivity index (χ1n) is 4.16. The number of aliphatic imine (C=N–C) groups is 1. The Balaban J connectivity index is 2.58. The monoisotopic (exact) mass is 191 g/mol. The smallest absolute Gasteiger partial charge is 0.335 e. The van der Waals surface area contributed by atoms with Gasteiger partial charge in [0.25, 0.3) is 0 Å². The number of carbonyl (C=O) groups is 1. The summed E-state index contributed by atoms with van der Waals surface area (Å²) in [7, 11) is 1.53. The lowest BCUT2D eigenvalue weighted by atomic mass is 10.1. The molecule has 14 heavy (non-hydrogen) atoms. The predicted octanol–water partition coefficient (Wildman–Crippen LogP) is 1.33. The Hall–Kier alpha value is -1.84. The minimum atomic E-state index is -0.952. The van der Waals surface area contributed by atoms with Gasteiger partial charge in [-0.3, -0.25) is 4.99 Å². The maximum absolute atomic E-state index is 10.8. The summed E-state index contributed by atoms with van der Waals surface area (Å²) in [6.45, 7) is 0.568. The molecule has 0 saturated carbocycles. The zero-order valence-electron chi connectivity index (χ0n) is 7.65. The molecule has 0 bridgehead atoms. The number of hydrogen-bond donors (Lipinski definition) is 1. The van der Waals surface area contributed by atoms with E-state index in [-0.39, 0.29) is 5.56 Å². The van der Waals surface area contributed by atoms with Crippen LogP contribution in [0.4, 0.5) is 0 Å². The van der Waals surface area contributed by atoms with E-state index in [9.17, 15) is 4.79 Å². The van der Waals surface area contributed by atoms with E-state index in [1.165, 1.54) is 13.2 Å². The summed E-state index contributed by atoms with van der Waals surface area (Å²) in [4.78, 5) is 14.8. The molecule has 0 atom stereocenters. The minimum absolute atomic E-state index is 0.231. The van der Waals surface area contributed by atoms with Crippen molar-refractivity contribution >= 4 is 12.2 Å². The van der Waals surface area contributed by atoms with E-state index >= 15 is 0 Å². The molecular weight excluding hydrogens is 182 g/mol. The van der Waals surface area contributed by atoms with E-state index < -0.39 is 5.97 Å². The number of nitrogens with zero attached hydrogens (tertiary/aromatic N) is 1. The number of rotatable bonds is 2. The fourth-order valence-electron chi connectivity index (χ4n) is 1.49. The Labute approximate surface area is 80.8 Å². The van der Waals surface area contributed by atoms with Crippen LogP contribution in [-0.4, -0.2) is 24.4 Å².